The average Bonchev–Trinajstić information content (AvgIpc) is 2.49. The van der Waals surface area contributed by atoms with Crippen molar-refractivity contribution in [1.82, 2.24) is 0 Å². The molecule has 112 valence electrons. The predicted molar refractivity (Wildman–Crippen MR) is 80.9 cm³/mol. The molecule has 0 aliphatic carbocycles. The fourth-order valence-corrected chi connectivity index (χ4v) is 2.19. The van der Waals surface area contributed by atoms with E-state index < -0.39 is 11.6 Å². The number of halogens is 3. The normalized spacial score (nSPS) is 10.3. The monoisotopic (exact) mass is 357 g/mol. The number of benzene rings is 2. The number of ether oxygens (including phenoxy) is 2. The summed E-state index contributed by atoms with van der Waals surface area (Å²) >= 11 is 3.03. The van der Waals surface area contributed by atoms with Crippen molar-refractivity contribution in [3.8, 4) is 11.5 Å². The Balaban J connectivity index is 2.15. The van der Waals surface area contributed by atoms with Gasteiger partial charge >= 0.3 is 0 Å². The first-order chi connectivity index (χ1) is 10.0. The van der Waals surface area contributed by atoms with Crippen molar-refractivity contribution >= 4 is 21.6 Å². The van der Waals surface area contributed by atoms with Gasteiger partial charge in [-0.1, -0.05) is 6.07 Å². The van der Waals surface area contributed by atoms with Gasteiger partial charge in [0.1, 0.15) is 11.6 Å². The van der Waals surface area contributed by atoms with Crippen LogP contribution in [-0.4, -0.2) is 14.2 Å². The molecule has 0 radical (unpaired) electrons. The fourth-order valence-electron chi connectivity index (χ4n) is 1.85. The second-order valence-electron chi connectivity index (χ2n) is 4.29. The van der Waals surface area contributed by atoms with Gasteiger partial charge in [0.15, 0.2) is 11.5 Å². The molecule has 0 bridgehead atoms. The lowest BCUT2D eigenvalue weighted by Crippen LogP contribution is -2.03. The maximum atomic E-state index is 13.6. The second kappa shape index (κ2) is 6.76. The van der Waals surface area contributed by atoms with Crippen LogP contribution in [0.2, 0.25) is 0 Å². The molecular weight excluding hydrogens is 344 g/mol. The summed E-state index contributed by atoms with van der Waals surface area (Å²) in [4.78, 5) is 0. The number of hydrogen-bond donors (Lipinski definition) is 1. The van der Waals surface area contributed by atoms with Gasteiger partial charge in [0.05, 0.1) is 24.4 Å². The molecule has 0 heterocycles. The Bertz CT molecular complexity index is 650. The quantitative estimate of drug-likeness (QED) is 0.806. The Morgan fingerprint density at radius 1 is 1.00 bits per heavy atom. The number of hydrogen-bond acceptors (Lipinski definition) is 3. The standard InChI is InChI=1S/C15H14BrF2NO2/c1-20-14-4-3-9(5-15(14)21-2)8-19-13-6-10(16)11(17)7-12(13)18/h3-7,19H,8H2,1-2H3. The van der Waals surface area contributed by atoms with E-state index in [4.69, 9.17) is 9.47 Å². The molecule has 0 spiro atoms. The number of rotatable bonds is 5. The van der Waals surface area contributed by atoms with Crippen molar-refractivity contribution in [2.24, 2.45) is 0 Å². The molecule has 0 amide bonds. The molecule has 0 unspecified atom stereocenters. The first kappa shape index (κ1) is 15.6. The van der Waals surface area contributed by atoms with E-state index in [2.05, 4.69) is 21.2 Å². The van der Waals surface area contributed by atoms with Gasteiger partial charge in [-0.2, -0.15) is 0 Å². The fraction of sp³-hybridized carbons (Fsp3) is 0.200. The van der Waals surface area contributed by atoms with E-state index in [1.807, 2.05) is 6.07 Å². The van der Waals surface area contributed by atoms with Crippen molar-refractivity contribution in [2.45, 2.75) is 6.54 Å². The molecule has 3 nitrogen and oxygen atoms in total. The van der Waals surface area contributed by atoms with Crippen LogP contribution in [0, 0.1) is 11.6 Å². The van der Waals surface area contributed by atoms with Crippen molar-refractivity contribution in [2.75, 3.05) is 19.5 Å². The zero-order chi connectivity index (χ0) is 15.4. The molecule has 6 heteroatoms. The van der Waals surface area contributed by atoms with Crippen LogP contribution >= 0.6 is 15.9 Å². The van der Waals surface area contributed by atoms with Gasteiger partial charge in [0.2, 0.25) is 0 Å². The third kappa shape index (κ3) is 3.64. The van der Waals surface area contributed by atoms with Crippen molar-refractivity contribution < 1.29 is 18.3 Å². The van der Waals surface area contributed by atoms with Crippen molar-refractivity contribution in [1.29, 1.82) is 0 Å². The van der Waals surface area contributed by atoms with Gasteiger partial charge in [-0.05, 0) is 39.7 Å². The molecule has 2 aromatic carbocycles. The number of methoxy groups -OCH3 is 2. The van der Waals surface area contributed by atoms with Gasteiger partial charge in [-0.25, -0.2) is 8.78 Å². The van der Waals surface area contributed by atoms with Crippen molar-refractivity contribution in [3.63, 3.8) is 0 Å². The average molecular weight is 358 g/mol. The minimum Gasteiger partial charge on any atom is -0.493 e. The second-order valence-corrected chi connectivity index (χ2v) is 5.14. The van der Waals surface area contributed by atoms with E-state index in [-0.39, 0.29) is 10.2 Å². The molecule has 0 saturated carbocycles. The third-order valence-corrected chi connectivity index (χ3v) is 3.55. The molecular formula is C15H14BrF2NO2. The van der Waals surface area contributed by atoms with Crippen LogP contribution in [0.5, 0.6) is 11.5 Å². The zero-order valence-electron chi connectivity index (χ0n) is 11.5. The van der Waals surface area contributed by atoms with Crippen LogP contribution in [0.4, 0.5) is 14.5 Å². The molecule has 0 atom stereocenters. The lowest BCUT2D eigenvalue weighted by molar-refractivity contribution is 0.354. The minimum atomic E-state index is -0.642. The third-order valence-electron chi connectivity index (χ3n) is 2.94. The highest BCUT2D eigenvalue weighted by Gasteiger charge is 2.09. The summed E-state index contributed by atoms with van der Waals surface area (Å²) in [5.74, 6) is -0.0603. The van der Waals surface area contributed by atoms with E-state index in [0.717, 1.165) is 11.6 Å². The van der Waals surface area contributed by atoms with Gasteiger partial charge in [0.25, 0.3) is 0 Å². The first-order valence-corrected chi connectivity index (χ1v) is 6.93. The maximum absolute atomic E-state index is 13.6. The van der Waals surface area contributed by atoms with E-state index in [9.17, 15) is 8.78 Å². The largest absolute Gasteiger partial charge is 0.493 e. The lowest BCUT2D eigenvalue weighted by Gasteiger charge is -2.12. The Morgan fingerprint density at radius 3 is 2.38 bits per heavy atom. The number of anilines is 1. The van der Waals surface area contributed by atoms with E-state index in [1.54, 1.807) is 26.4 Å². The van der Waals surface area contributed by atoms with Crippen LogP contribution in [-0.2, 0) is 6.54 Å². The molecule has 2 rings (SSSR count). The molecule has 0 aromatic heterocycles. The van der Waals surface area contributed by atoms with Crippen LogP contribution in [0.3, 0.4) is 0 Å². The Morgan fingerprint density at radius 2 is 1.71 bits per heavy atom. The Labute approximate surface area is 130 Å². The molecule has 0 saturated heterocycles. The van der Waals surface area contributed by atoms with E-state index in [0.29, 0.717) is 18.0 Å². The minimum absolute atomic E-state index is 0.207. The molecule has 2 aromatic rings. The summed E-state index contributed by atoms with van der Waals surface area (Å²) in [6, 6.07) is 7.60. The summed E-state index contributed by atoms with van der Waals surface area (Å²) in [7, 11) is 3.10. The molecule has 1 N–H and O–H groups in total. The van der Waals surface area contributed by atoms with Gasteiger partial charge < -0.3 is 14.8 Å². The number of nitrogens with one attached hydrogen (secondary N) is 1. The van der Waals surface area contributed by atoms with Crippen LogP contribution in [0.15, 0.2) is 34.8 Å². The Kier molecular flexibility index (Phi) is 5.01. The van der Waals surface area contributed by atoms with Crippen LogP contribution < -0.4 is 14.8 Å². The smallest absolute Gasteiger partial charge is 0.161 e. The van der Waals surface area contributed by atoms with Gasteiger partial charge in [-0.3, -0.25) is 0 Å². The first-order valence-electron chi connectivity index (χ1n) is 6.14. The maximum Gasteiger partial charge on any atom is 0.161 e. The van der Waals surface area contributed by atoms with Gasteiger partial charge in [-0.15, -0.1) is 0 Å². The van der Waals surface area contributed by atoms with E-state index >= 15 is 0 Å². The zero-order valence-corrected chi connectivity index (χ0v) is 13.1. The highest BCUT2D eigenvalue weighted by molar-refractivity contribution is 9.10. The Hall–Kier alpha value is -1.82. The summed E-state index contributed by atoms with van der Waals surface area (Å²) in [5.41, 5.74) is 1.10. The highest BCUT2D eigenvalue weighted by Crippen LogP contribution is 2.28. The highest BCUT2D eigenvalue weighted by atomic mass is 79.9. The van der Waals surface area contributed by atoms with E-state index in [1.165, 1.54) is 6.07 Å². The summed E-state index contributed by atoms with van der Waals surface area (Å²) in [6.07, 6.45) is 0. The lowest BCUT2D eigenvalue weighted by atomic mass is 10.2. The summed E-state index contributed by atoms with van der Waals surface area (Å²) in [5, 5.41) is 2.92. The molecule has 0 aliphatic heterocycles. The van der Waals surface area contributed by atoms with Crippen molar-refractivity contribution in [3.05, 3.63) is 52.0 Å². The van der Waals surface area contributed by atoms with Crippen LogP contribution in [0.1, 0.15) is 5.56 Å². The summed E-state index contributed by atoms with van der Waals surface area (Å²) < 4.78 is 37.3. The SMILES string of the molecule is COc1ccc(CNc2cc(Br)c(F)cc2F)cc1OC. The topological polar surface area (TPSA) is 30.5 Å². The molecule has 0 aliphatic rings. The molecule has 0 fully saturated rings. The molecule has 21 heavy (non-hydrogen) atoms. The summed E-state index contributed by atoms with van der Waals surface area (Å²) in [6.45, 7) is 0.370. The predicted octanol–water partition coefficient (Wildman–Crippen LogP) is 4.36. The van der Waals surface area contributed by atoms with Gasteiger partial charge in [0, 0.05) is 12.6 Å². The van der Waals surface area contributed by atoms with Crippen LogP contribution in [0.25, 0.3) is 0 Å².